The Hall–Kier alpha value is -1.14. The van der Waals surface area contributed by atoms with Crippen molar-refractivity contribution in [2.45, 2.75) is 0 Å². The van der Waals surface area contributed by atoms with E-state index in [1.165, 1.54) is 0 Å². The highest BCUT2D eigenvalue weighted by Gasteiger charge is 2.20. The number of rotatable bonds is 2. The van der Waals surface area contributed by atoms with Gasteiger partial charge in [-0.2, -0.15) is 0 Å². The van der Waals surface area contributed by atoms with Gasteiger partial charge in [-0.3, -0.25) is 4.79 Å². The van der Waals surface area contributed by atoms with Gasteiger partial charge in [0.2, 0.25) is 5.91 Å². The van der Waals surface area contributed by atoms with Crippen LogP contribution < -0.4 is 16.0 Å². The number of hydrogen-bond acceptors (Lipinski definition) is 3. The lowest BCUT2D eigenvalue weighted by Gasteiger charge is -2.30. The van der Waals surface area contributed by atoms with Gasteiger partial charge in [-0.25, -0.2) is 0 Å². The molecule has 1 aromatic rings. The van der Waals surface area contributed by atoms with Gasteiger partial charge in [0.1, 0.15) is 4.99 Å². The van der Waals surface area contributed by atoms with Crippen molar-refractivity contribution in [3.05, 3.63) is 28.2 Å². The van der Waals surface area contributed by atoms with Crippen LogP contribution in [0.4, 0.5) is 5.69 Å². The summed E-state index contributed by atoms with van der Waals surface area (Å²) in [5, 5.41) is 2.79. The third kappa shape index (κ3) is 2.58. The van der Waals surface area contributed by atoms with Crippen LogP contribution >= 0.6 is 28.1 Å². The highest BCUT2D eigenvalue weighted by molar-refractivity contribution is 9.10. The Morgan fingerprint density at radius 3 is 2.94 bits per heavy atom. The third-order valence-electron chi connectivity index (χ3n) is 2.62. The topological polar surface area (TPSA) is 58.4 Å². The summed E-state index contributed by atoms with van der Waals surface area (Å²) in [6.07, 6.45) is 0. The number of thiocarbonyl (C=S) groups is 1. The molecule has 1 fully saturated rings. The average Bonchev–Trinajstić information content (AvgIpc) is 2.28. The van der Waals surface area contributed by atoms with E-state index in [0.29, 0.717) is 18.1 Å². The summed E-state index contributed by atoms with van der Waals surface area (Å²) in [7, 11) is 0. The first kappa shape index (κ1) is 12.3. The molecule has 0 atom stereocenters. The maximum Gasteiger partial charge on any atom is 0.239 e. The number of nitrogens with zero attached hydrogens (tertiary/aromatic N) is 1. The van der Waals surface area contributed by atoms with Crippen LogP contribution in [0.1, 0.15) is 5.56 Å². The SMILES string of the molecule is NC(=S)c1c(Br)cccc1N1CCNC(=O)C1. The molecule has 0 radical (unpaired) electrons. The fourth-order valence-electron chi connectivity index (χ4n) is 1.86. The Labute approximate surface area is 113 Å². The smallest absolute Gasteiger partial charge is 0.239 e. The standard InChI is InChI=1S/C11H12BrN3OS/c12-7-2-1-3-8(10(7)11(13)17)15-5-4-14-9(16)6-15/h1-3H,4-6H2,(H2,13,17)(H,14,16). The first-order valence-electron chi connectivity index (χ1n) is 5.19. The lowest BCUT2D eigenvalue weighted by Crippen LogP contribution is -2.48. The van der Waals surface area contributed by atoms with Crippen molar-refractivity contribution >= 4 is 44.7 Å². The molecular formula is C11H12BrN3OS. The fraction of sp³-hybridized carbons (Fsp3) is 0.273. The molecule has 0 aromatic heterocycles. The van der Waals surface area contributed by atoms with Gasteiger partial charge in [0.25, 0.3) is 0 Å². The summed E-state index contributed by atoms with van der Waals surface area (Å²) in [6.45, 7) is 1.74. The van der Waals surface area contributed by atoms with E-state index in [2.05, 4.69) is 21.2 Å². The zero-order chi connectivity index (χ0) is 12.4. The maximum atomic E-state index is 11.4. The van der Waals surface area contributed by atoms with Crippen LogP contribution in [0.2, 0.25) is 0 Å². The predicted molar refractivity (Wildman–Crippen MR) is 75.3 cm³/mol. The summed E-state index contributed by atoms with van der Waals surface area (Å²) in [5.74, 6) is 0.0186. The number of nitrogens with two attached hydrogens (primary N) is 1. The minimum absolute atomic E-state index is 0.0186. The summed E-state index contributed by atoms with van der Waals surface area (Å²) in [4.78, 5) is 13.7. The monoisotopic (exact) mass is 313 g/mol. The number of nitrogens with one attached hydrogen (secondary N) is 1. The Kier molecular flexibility index (Phi) is 3.63. The molecule has 1 saturated heterocycles. The molecule has 2 rings (SSSR count). The second kappa shape index (κ2) is 5.01. The van der Waals surface area contributed by atoms with E-state index in [1.807, 2.05) is 23.1 Å². The van der Waals surface area contributed by atoms with E-state index < -0.39 is 0 Å². The molecule has 0 bridgehead atoms. The van der Waals surface area contributed by atoms with Crippen LogP contribution in [0, 0.1) is 0 Å². The van der Waals surface area contributed by atoms with E-state index in [-0.39, 0.29) is 5.91 Å². The van der Waals surface area contributed by atoms with Crippen molar-refractivity contribution in [3.8, 4) is 0 Å². The average molecular weight is 314 g/mol. The molecule has 1 aliphatic heterocycles. The number of hydrogen-bond donors (Lipinski definition) is 2. The highest BCUT2D eigenvalue weighted by Crippen LogP contribution is 2.28. The van der Waals surface area contributed by atoms with Gasteiger partial charge < -0.3 is 16.0 Å². The normalized spacial score (nSPS) is 15.6. The molecule has 90 valence electrons. The first-order chi connectivity index (χ1) is 8.09. The van der Waals surface area contributed by atoms with Gasteiger partial charge in [0.05, 0.1) is 6.54 Å². The molecule has 4 nitrogen and oxygen atoms in total. The zero-order valence-corrected chi connectivity index (χ0v) is 11.5. The third-order valence-corrected chi connectivity index (χ3v) is 3.48. The van der Waals surface area contributed by atoms with Gasteiger partial charge in [-0.1, -0.05) is 18.3 Å². The van der Waals surface area contributed by atoms with Crippen LogP contribution in [0.15, 0.2) is 22.7 Å². The quantitative estimate of drug-likeness (QED) is 0.800. The Balaban J connectivity index is 2.40. The van der Waals surface area contributed by atoms with Crippen molar-refractivity contribution < 1.29 is 4.79 Å². The molecule has 1 aliphatic rings. The van der Waals surface area contributed by atoms with E-state index in [1.54, 1.807) is 0 Å². The molecular weight excluding hydrogens is 302 g/mol. The minimum atomic E-state index is 0.0186. The van der Waals surface area contributed by atoms with Crippen LogP contribution in [-0.4, -0.2) is 30.5 Å². The van der Waals surface area contributed by atoms with E-state index >= 15 is 0 Å². The predicted octanol–water partition coefficient (Wildman–Crippen LogP) is 1.02. The summed E-state index contributed by atoms with van der Waals surface area (Å²) in [5.41, 5.74) is 7.42. The Bertz CT molecular complexity index is 478. The molecule has 0 saturated carbocycles. The van der Waals surface area contributed by atoms with E-state index in [9.17, 15) is 4.79 Å². The van der Waals surface area contributed by atoms with Crippen molar-refractivity contribution in [3.63, 3.8) is 0 Å². The maximum absolute atomic E-state index is 11.4. The Morgan fingerprint density at radius 1 is 1.53 bits per heavy atom. The van der Waals surface area contributed by atoms with Crippen molar-refractivity contribution in [1.29, 1.82) is 0 Å². The van der Waals surface area contributed by atoms with Gasteiger partial charge in [0.15, 0.2) is 0 Å². The van der Waals surface area contributed by atoms with Gasteiger partial charge in [-0.05, 0) is 28.1 Å². The molecule has 0 spiro atoms. The summed E-state index contributed by atoms with van der Waals surface area (Å²) in [6, 6.07) is 5.73. The molecule has 6 heteroatoms. The fourth-order valence-corrected chi connectivity index (χ4v) is 2.78. The molecule has 1 amide bonds. The Morgan fingerprint density at radius 2 is 2.29 bits per heavy atom. The number of carbonyl (C=O) groups is 1. The number of halogens is 1. The van der Waals surface area contributed by atoms with Crippen LogP contribution in [-0.2, 0) is 4.79 Å². The van der Waals surface area contributed by atoms with E-state index in [0.717, 1.165) is 22.3 Å². The lowest BCUT2D eigenvalue weighted by atomic mass is 10.1. The van der Waals surface area contributed by atoms with Crippen molar-refractivity contribution in [2.75, 3.05) is 24.5 Å². The number of carbonyl (C=O) groups excluding carboxylic acids is 1. The number of amides is 1. The van der Waals surface area contributed by atoms with Gasteiger partial charge in [0, 0.05) is 28.8 Å². The van der Waals surface area contributed by atoms with Crippen molar-refractivity contribution in [2.24, 2.45) is 5.73 Å². The summed E-state index contributed by atoms with van der Waals surface area (Å²) < 4.78 is 0.855. The van der Waals surface area contributed by atoms with Gasteiger partial charge >= 0.3 is 0 Å². The molecule has 0 aliphatic carbocycles. The molecule has 1 aromatic carbocycles. The molecule has 3 N–H and O–H groups in total. The largest absolute Gasteiger partial charge is 0.389 e. The second-order valence-corrected chi connectivity index (χ2v) is 5.06. The second-order valence-electron chi connectivity index (χ2n) is 3.77. The lowest BCUT2D eigenvalue weighted by molar-refractivity contribution is -0.120. The molecule has 17 heavy (non-hydrogen) atoms. The van der Waals surface area contributed by atoms with Crippen LogP contribution in [0.3, 0.4) is 0 Å². The van der Waals surface area contributed by atoms with Crippen LogP contribution in [0.5, 0.6) is 0 Å². The first-order valence-corrected chi connectivity index (χ1v) is 6.39. The van der Waals surface area contributed by atoms with Crippen molar-refractivity contribution in [1.82, 2.24) is 5.32 Å². The number of anilines is 1. The highest BCUT2D eigenvalue weighted by atomic mass is 79.9. The molecule has 0 unspecified atom stereocenters. The number of benzene rings is 1. The number of piperazine rings is 1. The van der Waals surface area contributed by atoms with Gasteiger partial charge in [-0.15, -0.1) is 0 Å². The van der Waals surface area contributed by atoms with Crippen LogP contribution in [0.25, 0.3) is 0 Å². The molecule has 1 heterocycles. The summed E-state index contributed by atoms with van der Waals surface area (Å²) >= 11 is 8.49. The zero-order valence-electron chi connectivity index (χ0n) is 9.07. The van der Waals surface area contributed by atoms with E-state index in [4.69, 9.17) is 18.0 Å². The minimum Gasteiger partial charge on any atom is -0.389 e.